The lowest BCUT2D eigenvalue weighted by Crippen LogP contribution is -2.44. The number of rotatable bonds is 6. The Labute approximate surface area is 192 Å². The summed E-state index contributed by atoms with van der Waals surface area (Å²) in [4.78, 5) is 17.7. The van der Waals surface area contributed by atoms with Crippen LogP contribution in [-0.4, -0.2) is 41.7 Å². The monoisotopic (exact) mass is 479 g/mol. The third-order valence-electron chi connectivity index (χ3n) is 5.82. The molecule has 1 atom stereocenters. The number of fused-ring (bicyclic) bond motifs is 1. The Hall–Kier alpha value is -2.89. The molecule has 0 aliphatic carbocycles. The molecule has 0 unspecified atom stereocenters. The van der Waals surface area contributed by atoms with Crippen LogP contribution in [0.15, 0.2) is 36.4 Å². The molecule has 0 spiro atoms. The van der Waals surface area contributed by atoms with Gasteiger partial charge in [0.05, 0.1) is 17.4 Å². The Morgan fingerprint density at radius 2 is 1.94 bits per heavy atom. The number of carbonyl (C=O) groups excluding carboxylic acids is 1. The fourth-order valence-electron chi connectivity index (χ4n) is 4.06. The van der Waals surface area contributed by atoms with Crippen molar-refractivity contribution >= 4 is 39.0 Å². The van der Waals surface area contributed by atoms with Crippen molar-refractivity contribution in [2.75, 3.05) is 30.3 Å². The molecule has 1 amide bonds. The number of aliphatic hydroxyl groups is 1. The normalized spacial score (nSPS) is 16.3. The average Bonchev–Trinajstić information content (AvgIpc) is 3.14. The summed E-state index contributed by atoms with van der Waals surface area (Å²) in [6, 6.07) is 10.4. The van der Waals surface area contributed by atoms with Gasteiger partial charge in [-0.15, -0.1) is 11.3 Å². The SMILES string of the molecule is NC(=O)c1sc2nc(N3CCC(NC[C@@H](O)c4ccccc4)CC3)cc(C(F)(F)F)c2c1N. The fourth-order valence-corrected chi connectivity index (χ4v) is 5.03. The molecule has 6 N–H and O–H groups in total. The summed E-state index contributed by atoms with van der Waals surface area (Å²) in [5.41, 5.74) is 10.7. The Morgan fingerprint density at radius 1 is 1.27 bits per heavy atom. The van der Waals surface area contributed by atoms with Crippen molar-refractivity contribution in [2.24, 2.45) is 5.73 Å². The summed E-state index contributed by atoms with van der Waals surface area (Å²) in [6.07, 6.45) is -3.93. The maximum Gasteiger partial charge on any atom is 0.417 e. The number of anilines is 2. The molecule has 3 aromatic rings. The van der Waals surface area contributed by atoms with Crippen LogP contribution in [0.5, 0.6) is 0 Å². The predicted molar refractivity (Wildman–Crippen MR) is 122 cm³/mol. The maximum absolute atomic E-state index is 13.8. The maximum atomic E-state index is 13.8. The third kappa shape index (κ3) is 4.90. The van der Waals surface area contributed by atoms with Crippen LogP contribution < -0.4 is 21.7 Å². The van der Waals surface area contributed by atoms with E-state index in [1.54, 1.807) is 4.90 Å². The van der Waals surface area contributed by atoms with E-state index in [2.05, 4.69) is 10.3 Å². The zero-order valence-electron chi connectivity index (χ0n) is 17.6. The molecule has 11 heteroatoms. The number of halogens is 3. The second-order valence-corrected chi connectivity index (χ2v) is 9.01. The quantitative estimate of drug-likeness (QED) is 0.431. The van der Waals surface area contributed by atoms with Crippen LogP contribution >= 0.6 is 11.3 Å². The highest BCUT2D eigenvalue weighted by atomic mass is 32.1. The highest BCUT2D eigenvalue weighted by Gasteiger charge is 2.37. The number of aliphatic hydroxyl groups excluding tert-OH is 1. The fraction of sp³-hybridized carbons (Fsp3) is 0.364. The van der Waals surface area contributed by atoms with Gasteiger partial charge in [0.2, 0.25) is 0 Å². The van der Waals surface area contributed by atoms with Gasteiger partial charge in [0.25, 0.3) is 5.91 Å². The summed E-state index contributed by atoms with van der Waals surface area (Å²) in [7, 11) is 0. The number of carbonyl (C=O) groups is 1. The summed E-state index contributed by atoms with van der Waals surface area (Å²) < 4.78 is 41.4. The van der Waals surface area contributed by atoms with E-state index in [1.165, 1.54) is 0 Å². The molecule has 1 aromatic carbocycles. The number of amides is 1. The number of aromatic nitrogens is 1. The molecule has 0 bridgehead atoms. The van der Waals surface area contributed by atoms with Crippen molar-refractivity contribution in [3.8, 4) is 0 Å². The van der Waals surface area contributed by atoms with Crippen molar-refractivity contribution in [3.05, 3.63) is 52.4 Å². The first-order valence-corrected chi connectivity index (χ1v) is 11.3. The lowest BCUT2D eigenvalue weighted by atomic mass is 10.0. The number of primary amides is 1. The minimum atomic E-state index is -4.66. The number of hydrogen-bond acceptors (Lipinski definition) is 7. The number of piperidine rings is 1. The molecule has 7 nitrogen and oxygen atoms in total. The van der Waals surface area contributed by atoms with E-state index in [0.717, 1.165) is 23.0 Å². The van der Waals surface area contributed by atoms with Crippen molar-refractivity contribution < 1.29 is 23.1 Å². The molecular formula is C22H24F3N5O2S. The number of nitrogens with one attached hydrogen (secondary N) is 1. The van der Waals surface area contributed by atoms with Crippen molar-refractivity contribution in [2.45, 2.75) is 31.2 Å². The van der Waals surface area contributed by atoms with Gasteiger partial charge in [0.15, 0.2) is 0 Å². The molecule has 3 heterocycles. The second-order valence-electron chi connectivity index (χ2n) is 8.01. The van der Waals surface area contributed by atoms with Crippen LogP contribution in [0.4, 0.5) is 24.7 Å². The van der Waals surface area contributed by atoms with E-state index in [9.17, 15) is 23.1 Å². The van der Waals surface area contributed by atoms with Crippen LogP contribution in [0.2, 0.25) is 0 Å². The molecule has 4 rings (SSSR count). The van der Waals surface area contributed by atoms with Gasteiger partial charge in [-0.25, -0.2) is 4.98 Å². The molecule has 33 heavy (non-hydrogen) atoms. The Morgan fingerprint density at radius 3 is 2.55 bits per heavy atom. The lowest BCUT2D eigenvalue weighted by molar-refractivity contribution is -0.136. The number of benzene rings is 1. The van der Waals surface area contributed by atoms with Crippen LogP contribution in [0.1, 0.15) is 39.7 Å². The summed E-state index contributed by atoms with van der Waals surface area (Å²) in [5, 5.41) is 13.4. The van der Waals surface area contributed by atoms with E-state index < -0.39 is 23.8 Å². The molecule has 176 valence electrons. The summed E-state index contributed by atoms with van der Waals surface area (Å²) in [5.74, 6) is -0.690. The molecule has 2 aromatic heterocycles. The summed E-state index contributed by atoms with van der Waals surface area (Å²) >= 11 is 0.773. The number of alkyl halides is 3. The molecule has 0 radical (unpaired) electrons. The third-order valence-corrected chi connectivity index (χ3v) is 6.93. The van der Waals surface area contributed by atoms with Crippen LogP contribution in [0.3, 0.4) is 0 Å². The van der Waals surface area contributed by atoms with Crippen LogP contribution in [-0.2, 0) is 6.18 Å². The first-order chi connectivity index (χ1) is 15.6. The van der Waals surface area contributed by atoms with Crippen LogP contribution in [0.25, 0.3) is 10.2 Å². The lowest BCUT2D eigenvalue weighted by Gasteiger charge is -2.34. The molecule has 1 fully saturated rings. The van der Waals surface area contributed by atoms with Gasteiger partial charge in [-0.2, -0.15) is 13.2 Å². The Kier molecular flexibility index (Phi) is 6.46. The van der Waals surface area contributed by atoms with Gasteiger partial charge in [0, 0.05) is 31.1 Å². The number of nitrogen functional groups attached to an aromatic ring is 1. The summed E-state index contributed by atoms with van der Waals surface area (Å²) in [6.45, 7) is 1.39. The number of hydrogen-bond donors (Lipinski definition) is 4. The van der Waals surface area contributed by atoms with E-state index in [4.69, 9.17) is 11.5 Å². The van der Waals surface area contributed by atoms with E-state index in [0.29, 0.717) is 32.5 Å². The minimum absolute atomic E-state index is 0.0392. The van der Waals surface area contributed by atoms with Gasteiger partial charge in [-0.05, 0) is 24.5 Å². The van der Waals surface area contributed by atoms with Crippen molar-refractivity contribution in [1.29, 1.82) is 0 Å². The number of nitrogens with zero attached hydrogens (tertiary/aromatic N) is 2. The van der Waals surface area contributed by atoms with Gasteiger partial charge in [0.1, 0.15) is 15.5 Å². The van der Waals surface area contributed by atoms with E-state index in [-0.39, 0.29) is 32.6 Å². The first kappa shape index (κ1) is 23.3. The Bertz CT molecular complexity index is 1140. The first-order valence-electron chi connectivity index (χ1n) is 10.5. The van der Waals surface area contributed by atoms with E-state index >= 15 is 0 Å². The highest BCUT2D eigenvalue weighted by Crippen LogP contribution is 2.43. The second kappa shape index (κ2) is 9.16. The van der Waals surface area contributed by atoms with Gasteiger partial charge >= 0.3 is 6.18 Å². The van der Waals surface area contributed by atoms with Gasteiger partial charge < -0.3 is 26.8 Å². The molecular weight excluding hydrogens is 455 g/mol. The Balaban J connectivity index is 1.48. The predicted octanol–water partition coefficient (Wildman–Crippen LogP) is 3.29. The highest BCUT2D eigenvalue weighted by molar-refractivity contribution is 7.21. The zero-order chi connectivity index (χ0) is 23.8. The number of thiophene rings is 1. The largest absolute Gasteiger partial charge is 0.417 e. The van der Waals surface area contributed by atoms with Gasteiger partial charge in [-0.3, -0.25) is 4.79 Å². The minimum Gasteiger partial charge on any atom is -0.397 e. The topological polar surface area (TPSA) is 118 Å². The number of pyridine rings is 1. The van der Waals surface area contributed by atoms with Crippen molar-refractivity contribution in [3.63, 3.8) is 0 Å². The smallest absolute Gasteiger partial charge is 0.397 e. The van der Waals surface area contributed by atoms with E-state index in [1.807, 2.05) is 30.3 Å². The zero-order valence-corrected chi connectivity index (χ0v) is 18.4. The average molecular weight is 480 g/mol. The van der Waals surface area contributed by atoms with Crippen LogP contribution in [0, 0.1) is 0 Å². The molecule has 0 saturated carbocycles. The molecule has 1 aliphatic heterocycles. The van der Waals surface area contributed by atoms with Gasteiger partial charge in [-0.1, -0.05) is 30.3 Å². The van der Waals surface area contributed by atoms with Crippen molar-refractivity contribution in [1.82, 2.24) is 10.3 Å². The number of nitrogens with two attached hydrogens (primary N) is 2. The molecule has 1 saturated heterocycles. The molecule has 1 aliphatic rings. The standard InChI is InChI=1S/C22H24F3N5O2S/c23-22(24,25)14-10-16(29-21-17(14)18(26)19(33-21)20(27)32)30-8-6-13(7-9-30)28-11-15(31)12-4-2-1-3-5-12/h1-5,10,13,15,28,31H,6-9,11,26H2,(H2,27,32)/t15-/m1/s1.